The molecule has 0 saturated carbocycles. The Morgan fingerprint density at radius 2 is 2.00 bits per heavy atom. The zero-order chi connectivity index (χ0) is 14.5. The fourth-order valence-electron chi connectivity index (χ4n) is 2.44. The lowest BCUT2D eigenvalue weighted by atomic mass is 9.88. The lowest BCUT2D eigenvalue weighted by Crippen LogP contribution is -2.49. The van der Waals surface area contributed by atoms with E-state index in [0.717, 1.165) is 18.6 Å². The highest BCUT2D eigenvalue weighted by Crippen LogP contribution is 2.27. The van der Waals surface area contributed by atoms with Crippen LogP contribution in [0.1, 0.15) is 31.4 Å². The molecule has 0 aromatic heterocycles. The molecule has 1 N–H and O–H groups in total. The summed E-state index contributed by atoms with van der Waals surface area (Å²) in [5.74, 6) is 0.945. The number of hydrogen-bond donors (Lipinski definition) is 1. The van der Waals surface area contributed by atoms with Gasteiger partial charge in [-0.25, -0.2) is 0 Å². The van der Waals surface area contributed by atoms with Crippen LogP contribution in [0, 0.1) is 6.92 Å². The van der Waals surface area contributed by atoms with Crippen LogP contribution >= 0.6 is 0 Å². The molecule has 0 spiro atoms. The molecule has 1 aromatic carbocycles. The smallest absolute Gasteiger partial charge is 0.122 e. The minimum atomic E-state index is -0.177. The summed E-state index contributed by atoms with van der Waals surface area (Å²) < 4.78 is 11.2. The summed E-state index contributed by atoms with van der Waals surface area (Å²) in [6.45, 7) is 6.41. The first-order valence-electron chi connectivity index (χ1n) is 6.86. The third-order valence-corrected chi connectivity index (χ3v) is 4.11. The molecule has 0 fully saturated rings. The fourth-order valence-corrected chi connectivity index (χ4v) is 2.44. The van der Waals surface area contributed by atoms with Crippen molar-refractivity contribution in [1.29, 1.82) is 0 Å². The highest BCUT2D eigenvalue weighted by molar-refractivity contribution is 5.37. The Hall–Kier alpha value is -1.06. The molecule has 0 aliphatic heterocycles. The first kappa shape index (κ1) is 16.0. The third kappa shape index (κ3) is 3.71. The van der Waals surface area contributed by atoms with E-state index < -0.39 is 0 Å². The molecule has 1 aromatic rings. The van der Waals surface area contributed by atoms with Crippen LogP contribution in [0.4, 0.5) is 0 Å². The van der Waals surface area contributed by atoms with Crippen LogP contribution in [0.5, 0.6) is 5.75 Å². The molecule has 0 saturated heterocycles. The van der Waals surface area contributed by atoms with Gasteiger partial charge in [0, 0.05) is 13.2 Å². The van der Waals surface area contributed by atoms with Crippen LogP contribution in [-0.4, -0.2) is 32.9 Å². The maximum Gasteiger partial charge on any atom is 0.122 e. The maximum absolute atomic E-state index is 5.71. The number of aryl methyl sites for hydroxylation is 1. The number of methoxy groups -OCH3 is 2. The summed E-state index contributed by atoms with van der Waals surface area (Å²) in [7, 11) is 5.49. The van der Waals surface area contributed by atoms with Crippen molar-refractivity contribution in [2.75, 3.05) is 21.3 Å². The van der Waals surface area contributed by atoms with Gasteiger partial charge in [-0.2, -0.15) is 0 Å². The first-order valence-corrected chi connectivity index (χ1v) is 6.86. The summed E-state index contributed by atoms with van der Waals surface area (Å²) in [5.41, 5.74) is 2.30. The zero-order valence-corrected chi connectivity index (χ0v) is 13.0. The van der Waals surface area contributed by atoms with E-state index in [1.165, 1.54) is 11.1 Å². The number of likely N-dealkylation sites (N-methyl/N-ethyl adjacent to an activating group) is 1. The van der Waals surface area contributed by atoms with Crippen molar-refractivity contribution in [3.8, 4) is 5.75 Å². The largest absolute Gasteiger partial charge is 0.496 e. The fraction of sp³-hybridized carbons (Fsp3) is 0.625. The van der Waals surface area contributed by atoms with E-state index in [1.54, 1.807) is 14.2 Å². The summed E-state index contributed by atoms with van der Waals surface area (Å²) in [4.78, 5) is 0. The van der Waals surface area contributed by atoms with Gasteiger partial charge in [-0.3, -0.25) is 0 Å². The van der Waals surface area contributed by atoms with Crippen molar-refractivity contribution in [1.82, 2.24) is 5.32 Å². The molecule has 19 heavy (non-hydrogen) atoms. The molecule has 0 amide bonds. The van der Waals surface area contributed by atoms with Gasteiger partial charge in [-0.15, -0.1) is 0 Å². The van der Waals surface area contributed by atoms with Crippen LogP contribution in [0.25, 0.3) is 0 Å². The molecule has 0 aliphatic carbocycles. The highest BCUT2D eigenvalue weighted by Gasteiger charge is 2.32. The van der Waals surface area contributed by atoms with Gasteiger partial charge < -0.3 is 14.8 Å². The number of ether oxygens (including phenoxy) is 2. The number of rotatable bonds is 7. The van der Waals surface area contributed by atoms with Crippen LogP contribution < -0.4 is 10.1 Å². The summed E-state index contributed by atoms with van der Waals surface area (Å²) in [6.07, 6.45) is 1.85. The molecule has 0 heterocycles. The van der Waals surface area contributed by atoms with E-state index in [9.17, 15) is 0 Å². The SMILES string of the molecule is CCC(C)(OC)C(Cc1cc(C)ccc1OC)NC. The Labute approximate surface area is 117 Å². The van der Waals surface area contributed by atoms with Gasteiger partial charge in [0.05, 0.1) is 12.7 Å². The third-order valence-electron chi connectivity index (χ3n) is 4.11. The Balaban J connectivity index is 3.01. The second-order valence-electron chi connectivity index (χ2n) is 5.23. The minimum Gasteiger partial charge on any atom is -0.496 e. The van der Waals surface area contributed by atoms with Crippen molar-refractivity contribution in [2.24, 2.45) is 0 Å². The Kier molecular flexibility index (Phi) is 5.83. The first-order chi connectivity index (χ1) is 9.00. The Bertz CT molecular complexity index is 400. The monoisotopic (exact) mass is 265 g/mol. The van der Waals surface area contributed by atoms with Gasteiger partial charge in [0.25, 0.3) is 0 Å². The van der Waals surface area contributed by atoms with Crippen LogP contribution in [0.2, 0.25) is 0 Å². The van der Waals surface area contributed by atoms with E-state index in [2.05, 4.69) is 38.2 Å². The van der Waals surface area contributed by atoms with Crippen molar-refractivity contribution in [2.45, 2.75) is 45.3 Å². The lowest BCUT2D eigenvalue weighted by molar-refractivity contribution is -0.0269. The average molecular weight is 265 g/mol. The van der Waals surface area contributed by atoms with Crippen molar-refractivity contribution >= 4 is 0 Å². The van der Waals surface area contributed by atoms with Crippen molar-refractivity contribution < 1.29 is 9.47 Å². The molecule has 0 aliphatic rings. The quantitative estimate of drug-likeness (QED) is 0.822. The number of nitrogens with one attached hydrogen (secondary N) is 1. The summed E-state index contributed by atoms with van der Waals surface area (Å²) >= 11 is 0. The lowest BCUT2D eigenvalue weighted by Gasteiger charge is -2.36. The van der Waals surface area contributed by atoms with E-state index in [-0.39, 0.29) is 11.6 Å². The Morgan fingerprint density at radius 3 is 2.47 bits per heavy atom. The normalized spacial score (nSPS) is 15.9. The van der Waals surface area contributed by atoms with E-state index in [4.69, 9.17) is 9.47 Å². The second kappa shape index (κ2) is 6.92. The van der Waals surface area contributed by atoms with Crippen molar-refractivity contribution in [3.05, 3.63) is 29.3 Å². The number of benzene rings is 1. The zero-order valence-electron chi connectivity index (χ0n) is 13.0. The molecule has 3 heteroatoms. The summed E-state index contributed by atoms with van der Waals surface area (Å²) in [6, 6.07) is 6.55. The Morgan fingerprint density at radius 1 is 1.32 bits per heavy atom. The van der Waals surface area contributed by atoms with Gasteiger partial charge in [-0.05, 0) is 45.4 Å². The second-order valence-corrected chi connectivity index (χ2v) is 5.23. The van der Waals surface area contributed by atoms with Gasteiger partial charge in [0.1, 0.15) is 5.75 Å². The van der Waals surface area contributed by atoms with Crippen LogP contribution in [-0.2, 0) is 11.2 Å². The predicted octanol–water partition coefficient (Wildman–Crippen LogP) is 2.95. The topological polar surface area (TPSA) is 30.5 Å². The molecule has 2 unspecified atom stereocenters. The van der Waals surface area contributed by atoms with E-state index in [0.29, 0.717) is 0 Å². The molecular weight excluding hydrogens is 238 g/mol. The molecule has 0 bridgehead atoms. The molecule has 2 atom stereocenters. The van der Waals surface area contributed by atoms with Gasteiger partial charge in [-0.1, -0.05) is 24.6 Å². The predicted molar refractivity (Wildman–Crippen MR) is 80.0 cm³/mol. The molecule has 108 valence electrons. The standard InChI is InChI=1S/C16H27NO2/c1-7-16(3,19-6)15(17-4)11-13-10-12(2)8-9-14(13)18-5/h8-10,15,17H,7,11H2,1-6H3. The van der Waals surface area contributed by atoms with Crippen LogP contribution in [0.3, 0.4) is 0 Å². The maximum atomic E-state index is 5.71. The number of hydrogen-bond acceptors (Lipinski definition) is 3. The summed E-state index contributed by atoms with van der Waals surface area (Å²) in [5, 5.41) is 3.38. The average Bonchev–Trinajstić information content (AvgIpc) is 2.44. The van der Waals surface area contributed by atoms with Crippen molar-refractivity contribution in [3.63, 3.8) is 0 Å². The van der Waals surface area contributed by atoms with Crippen LogP contribution in [0.15, 0.2) is 18.2 Å². The van der Waals surface area contributed by atoms with Gasteiger partial charge >= 0.3 is 0 Å². The molecule has 1 rings (SSSR count). The molecule has 3 nitrogen and oxygen atoms in total. The minimum absolute atomic E-state index is 0.177. The van der Waals surface area contributed by atoms with E-state index in [1.807, 2.05) is 13.1 Å². The van der Waals surface area contributed by atoms with Gasteiger partial charge in [0.2, 0.25) is 0 Å². The van der Waals surface area contributed by atoms with Gasteiger partial charge in [0.15, 0.2) is 0 Å². The molecule has 0 radical (unpaired) electrons. The molecular formula is C16H27NO2. The highest BCUT2D eigenvalue weighted by atomic mass is 16.5. The van der Waals surface area contributed by atoms with E-state index >= 15 is 0 Å².